The van der Waals surface area contributed by atoms with E-state index >= 15 is 0 Å². The molecule has 34 heavy (non-hydrogen) atoms. The zero-order chi connectivity index (χ0) is 23.7. The number of carbonyl (C=O) groups excluding carboxylic acids is 1. The van der Waals surface area contributed by atoms with Crippen LogP contribution in [-0.4, -0.2) is 78.4 Å². The van der Waals surface area contributed by atoms with E-state index in [9.17, 15) is 13.2 Å². The quantitative estimate of drug-likeness (QED) is 0.522. The predicted octanol–water partition coefficient (Wildman–Crippen LogP) is 3.12. The van der Waals surface area contributed by atoms with Gasteiger partial charge in [-0.25, -0.2) is 8.42 Å². The predicted molar refractivity (Wildman–Crippen MR) is 135 cm³/mol. The number of hydrogen-bond acceptors (Lipinski definition) is 6. The summed E-state index contributed by atoms with van der Waals surface area (Å²) < 4.78 is 28.3. The summed E-state index contributed by atoms with van der Waals surface area (Å²) in [7, 11) is -3.62. The van der Waals surface area contributed by atoms with Crippen molar-refractivity contribution in [3.63, 3.8) is 0 Å². The number of nitrogens with zero attached hydrogens (tertiary/aromatic N) is 4. The average Bonchev–Trinajstić information content (AvgIpc) is 3.22. The zero-order valence-electron chi connectivity index (χ0n) is 19.1. The molecule has 0 saturated carbocycles. The number of sulfonamides is 1. The number of rotatable bonds is 6. The van der Waals surface area contributed by atoms with Crippen LogP contribution >= 0.6 is 11.8 Å². The van der Waals surface area contributed by atoms with Crippen LogP contribution in [0.3, 0.4) is 0 Å². The summed E-state index contributed by atoms with van der Waals surface area (Å²) in [5.41, 5.74) is 2.87. The molecule has 0 aliphatic carbocycles. The highest BCUT2D eigenvalue weighted by Crippen LogP contribution is 2.38. The van der Waals surface area contributed by atoms with E-state index in [1.165, 1.54) is 5.56 Å². The molecule has 1 unspecified atom stereocenters. The molecule has 2 saturated heterocycles. The molecule has 5 rings (SSSR count). The number of thioether (sulfide) groups is 1. The van der Waals surface area contributed by atoms with Crippen molar-refractivity contribution in [2.45, 2.75) is 17.2 Å². The molecule has 0 bridgehead atoms. The van der Waals surface area contributed by atoms with Crippen molar-refractivity contribution in [2.75, 3.05) is 45.0 Å². The van der Waals surface area contributed by atoms with Crippen LogP contribution in [-0.2, 0) is 14.8 Å². The van der Waals surface area contributed by atoms with Gasteiger partial charge in [0.1, 0.15) is 10.3 Å². The summed E-state index contributed by atoms with van der Waals surface area (Å²) in [5, 5.41) is 0.867. The second kappa shape index (κ2) is 9.65. The third kappa shape index (κ3) is 4.57. The first kappa shape index (κ1) is 23.3. The standard InChI is InChI=1S/C25H28N4O3S2/c1-19-5-2-7-21(17-19)25-29(23(30)18-33-25)16-13-27-11-14-28(15-12-27)34(31,32)22-9-3-6-20-8-4-10-26-24(20)22/h2-10,17,25H,11-16,18H2,1H3. The van der Waals surface area contributed by atoms with Crippen molar-refractivity contribution >= 4 is 38.6 Å². The van der Waals surface area contributed by atoms with Crippen LogP contribution in [0.5, 0.6) is 0 Å². The van der Waals surface area contributed by atoms with Crippen LogP contribution in [0.25, 0.3) is 10.9 Å². The lowest BCUT2D eigenvalue weighted by atomic mass is 10.1. The Morgan fingerprint density at radius 3 is 2.56 bits per heavy atom. The van der Waals surface area contributed by atoms with Crippen molar-refractivity contribution in [1.82, 2.24) is 19.1 Å². The molecule has 1 atom stereocenters. The van der Waals surface area contributed by atoms with Crippen LogP contribution in [0, 0.1) is 6.92 Å². The second-order valence-electron chi connectivity index (χ2n) is 8.74. The molecule has 2 aromatic carbocycles. The van der Waals surface area contributed by atoms with Crippen molar-refractivity contribution < 1.29 is 13.2 Å². The molecule has 3 heterocycles. The molecule has 3 aromatic rings. The van der Waals surface area contributed by atoms with Gasteiger partial charge in [-0.2, -0.15) is 4.31 Å². The molecular weight excluding hydrogens is 468 g/mol. The van der Waals surface area contributed by atoms with Gasteiger partial charge in [-0.15, -0.1) is 11.8 Å². The SMILES string of the molecule is Cc1cccc(C2SCC(=O)N2CCN2CCN(S(=O)(=O)c3cccc4cccnc34)CC2)c1. The number of aryl methyl sites for hydroxylation is 1. The Morgan fingerprint density at radius 2 is 1.76 bits per heavy atom. The maximum absolute atomic E-state index is 13.4. The minimum Gasteiger partial charge on any atom is -0.325 e. The number of fused-ring (bicyclic) bond motifs is 1. The lowest BCUT2D eigenvalue weighted by molar-refractivity contribution is -0.128. The number of hydrogen-bond donors (Lipinski definition) is 0. The van der Waals surface area contributed by atoms with Gasteiger partial charge in [0.25, 0.3) is 0 Å². The maximum Gasteiger partial charge on any atom is 0.245 e. The molecule has 0 N–H and O–H groups in total. The van der Waals surface area contributed by atoms with Crippen molar-refractivity contribution in [3.8, 4) is 0 Å². The van der Waals surface area contributed by atoms with Gasteiger partial charge in [0, 0.05) is 50.9 Å². The molecule has 2 aliphatic heterocycles. The number of amides is 1. The summed E-state index contributed by atoms with van der Waals surface area (Å²) in [4.78, 5) is 21.3. The molecule has 0 radical (unpaired) electrons. The second-order valence-corrected chi connectivity index (χ2v) is 11.7. The first-order valence-corrected chi connectivity index (χ1v) is 14.0. The Kier molecular flexibility index (Phi) is 6.61. The first-order chi connectivity index (χ1) is 16.4. The van der Waals surface area contributed by atoms with Crippen LogP contribution in [0.2, 0.25) is 0 Å². The third-order valence-corrected chi connectivity index (χ3v) is 9.68. The van der Waals surface area contributed by atoms with Crippen LogP contribution in [0.1, 0.15) is 16.5 Å². The van der Waals surface area contributed by atoms with Gasteiger partial charge in [0.2, 0.25) is 15.9 Å². The molecule has 1 amide bonds. The molecule has 7 nitrogen and oxygen atoms in total. The zero-order valence-corrected chi connectivity index (χ0v) is 20.8. The smallest absolute Gasteiger partial charge is 0.245 e. The van der Waals surface area contributed by atoms with E-state index in [1.54, 1.807) is 34.4 Å². The molecular formula is C25H28N4O3S2. The minimum absolute atomic E-state index is 0.0490. The molecule has 0 spiro atoms. The van der Waals surface area contributed by atoms with E-state index in [4.69, 9.17) is 0 Å². The summed E-state index contributed by atoms with van der Waals surface area (Å²) in [5.74, 6) is 0.671. The Hall–Kier alpha value is -2.46. The van der Waals surface area contributed by atoms with Gasteiger partial charge in [0.05, 0.1) is 11.3 Å². The number of aromatic nitrogens is 1. The lowest BCUT2D eigenvalue weighted by Crippen LogP contribution is -2.50. The Bertz CT molecular complexity index is 1300. The van der Waals surface area contributed by atoms with E-state index in [0.717, 1.165) is 17.5 Å². The van der Waals surface area contributed by atoms with Crippen LogP contribution < -0.4 is 0 Å². The summed E-state index contributed by atoms with van der Waals surface area (Å²) in [6.45, 7) is 5.58. The van der Waals surface area contributed by atoms with Gasteiger partial charge >= 0.3 is 0 Å². The Balaban J connectivity index is 1.22. The number of pyridine rings is 1. The molecule has 2 fully saturated rings. The van der Waals surface area contributed by atoms with Gasteiger partial charge in [-0.3, -0.25) is 14.7 Å². The first-order valence-electron chi connectivity index (χ1n) is 11.5. The van der Waals surface area contributed by atoms with Crippen molar-refractivity contribution in [1.29, 1.82) is 0 Å². The number of carbonyl (C=O) groups is 1. The topological polar surface area (TPSA) is 73.8 Å². The average molecular weight is 497 g/mol. The summed E-state index contributed by atoms with van der Waals surface area (Å²) in [6, 6.07) is 17.3. The van der Waals surface area contributed by atoms with E-state index in [-0.39, 0.29) is 16.2 Å². The number of para-hydroxylation sites is 1. The maximum atomic E-state index is 13.4. The fourth-order valence-corrected chi connectivity index (χ4v) is 7.46. The summed E-state index contributed by atoms with van der Waals surface area (Å²) in [6.07, 6.45) is 1.63. The fourth-order valence-electron chi connectivity index (χ4n) is 4.66. The van der Waals surface area contributed by atoms with Gasteiger partial charge < -0.3 is 4.90 Å². The van der Waals surface area contributed by atoms with Crippen LogP contribution in [0.4, 0.5) is 0 Å². The van der Waals surface area contributed by atoms with Crippen molar-refractivity contribution in [3.05, 3.63) is 71.9 Å². The van der Waals surface area contributed by atoms with E-state index in [2.05, 4.69) is 35.0 Å². The Morgan fingerprint density at radius 1 is 1.00 bits per heavy atom. The monoisotopic (exact) mass is 496 g/mol. The molecule has 2 aliphatic rings. The van der Waals surface area contributed by atoms with Crippen molar-refractivity contribution in [2.24, 2.45) is 0 Å². The minimum atomic E-state index is -3.62. The number of piperazine rings is 1. The van der Waals surface area contributed by atoms with Gasteiger partial charge in [0.15, 0.2) is 0 Å². The van der Waals surface area contributed by atoms with Gasteiger partial charge in [-0.1, -0.05) is 48.0 Å². The van der Waals surface area contributed by atoms with E-state index in [0.29, 0.717) is 44.0 Å². The molecule has 1 aromatic heterocycles. The lowest BCUT2D eigenvalue weighted by Gasteiger charge is -2.35. The number of benzene rings is 2. The van der Waals surface area contributed by atoms with E-state index < -0.39 is 10.0 Å². The molecule has 178 valence electrons. The highest BCUT2D eigenvalue weighted by molar-refractivity contribution is 8.00. The normalized spacial score (nSPS) is 20.3. The summed E-state index contributed by atoms with van der Waals surface area (Å²) >= 11 is 1.67. The fraction of sp³-hybridized carbons (Fsp3) is 0.360. The Labute approximate surface area is 204 Å². The highest BCUT2D eigenvalue weighted by Gasteiger charge is 2.34. The molecule has 9 heteroatoms. The third-order valence-electron chi connectivity index (χ3n) is 6.50. The van der Waals surface area contributed by atoms with E-state index in [1.807, 2.05) is 29.2 Å². The van der Waals surface area contributed by atoms with Crippen LogP contribution in [0.15, 0.2) is 65.7 Å². The largest absolute Gasteiger partial charge is 0.325 e. The van der Waals surface area contributed by atoms with Gasteiger partial charge in [-0.05, 0) is 24.6 Å². The highest BCUT2D eigenvalue weighted by atomic mass is 32.2.